The molecule has 1 aliphatic rings. The molecule has 11 heteroatoms. The van der Waals surface area contributed by atoms with Crippen LogP contribution in [0.1, 0.15) is 29.8 Å². The minimum atomic E-state index is -3.77. The summed E-state index contributed by atoms with van der Waals surface area (Å²) in [6.07, 6.45) is 0.245. The summed E-state index contributed by atoms with van der Waals surface area (Å²) < 4.78 is 45.4. The van der Waals surface area contributed by atoms with Crippen molar-refractivity contribution in [1.82, 2.24) is 14.5 Å². The standard InChI is InChI=1S/C24H24N4O6S/c1-17-20(15-25)21(28(27-17)18-6-3-2-4-7-18)16-34-24(29)8-5-11-26-35(30,31)19-9-10-22-23(14-19)33-13-12-32-22/h2-4,6-7,9-10,14,26H,5,8,11-13,16H2,1H3. The van der Waals surface area contributed by atoms with Crippen LogP contribution in [-0.4, -0.2) is 43.9 Å². The van der Waals surface area contributed by atoms with E-state index in [1.165, 1.54) is 12.1 Å². The third kappa shape index (κ3) is 5.62. The van der Waals surface area contributed by atoms with Gasteiger partial charge in [0.2, 0.25) is 10.0 Å². The van der Waals surface area contributed by atoms with Gasteiger partial charge >= 0.3 is 5.97 Å². The van der Waals surface area contributed by atoms with Crippen LogP contribution in [0.25, 0.3) is 5.69 Å². The highest BCUT2D eigenvalue weighted by atomic mass is 32.2. The molecule has 0 bridgehead atoms. The minimum absolute atomic E-state index is 0.00397. The lowest BCUT2D eigenvalue weighted by Gasteiger charge is -2.18. The number of sulfonamides is 1. The zero-order valence-corrected chi connectivity index (χ0v) is 19.9. The molecule has 3 aromatic rings. The van der Waals surface area contributed by atoms with Crippen molar-refractivity contribution in [3.05, 3.63) is 65.5 Å². The van der Waals surface area contributed by atoms with Gasteiger partial charge in [0, 0.05) is 19.0 Å². The Labute approximate surface area is 203 Å². The van der Waals surface area contributed by atoms with E-state index in [1.54, 1.807) is 17.7 Å². The van der Waals surface area contributed by atoms with E-state index in [9.17, 15) is 18.5 Å². The summed E-state index contributed by atoms with van der Waals surface area (Å²) in [6, 6.07) is 15.8. The van der Waals surface area contributed by atoms with Crippen LogP contribution < -0.4 is 14.2 Å². The summed E-state index contributed by atoms with van der Waals surface area (Å²) in [5, 5.41) is 13.9. The van der Waals surface area contributed by atoms with Gasteiger partial charge in [-0.25, -0.2) is 17.8 Å². The van der Waals surface area contributed by atoms with Gasteiger partial charge in [-0.05, 0) is 37.6 Å². The fourth-order valence-electron chi connectivity index (χ4n) is 3.57. The van der Waals surface area contributed by atoms with Crippen molar-refractivity contribution in [3.8, 4) is 23.3 Å². The maximum Gasteiger partial charge on any atom is 0.306 e. The van der Waals surface area contributed by atoms with E-state index in [1.807, 2.05) is 30.3 Å². The summed E-state index contributed by atoms with van der Waals surface area (Å²) in [5.74, 6) is 0.372. The van der Waals surface area contributed by atoms with Crippen LogP contribution in [0.2, 0.25) is 0 Å². The number of benzene rings is 2. The third-order valence-corrected chi connectivity index (χ3v) is 6.77. The van der Waals surface area contributed by atoms with E-state index in [-0.39, 0.29) is 30.9 Å². The number of aromatic nitrogens is 2. The van der Waals surface area contributed by atoms with Crippen molar-refractivity contribution in [2.45, 2.75) is 31.3 Å². The predicted molar refractivity (Wildman–Crippen MR) is 125 cm³/mol. The van der Waals surface area contributed by atoms with Crippen molar-refractivity contribution in [3.63, 3.8) is 0 Å². The molecule has 0 atom stereocenters. The predicted octanol–water partition coefficient (Wildman–Crippen LogP) is 2.63. The van der Waals surface area contributed by atoms with Crippen LogP contribution in [0.4, 0.5) is 0 Å². The molecule has 0 saturated carbocycles. The van der Waals surface area contributed by atoms with Crippen molar-refractivity contribution in [2.24, 2.45) is 0 Å². The first-order chi connectivity index (χ1) is 16.9. The van der Waals surface area contributed by atoms with E-state index in [4.69, 9.17) is 14.2 Å². The molecule has 0 amide bonds. The molecule has 10 nitrogen and oxygen atoms in total. The number of carbonyl (C=O) groups excluding carboxylic acids is 1. The maximum atomic E-state index is 12.6. The quantitative estimate of drug-likeness (QED) is 0.353. The summed E-state index contributed by atoms with van der Waals surface area (Å²) in [7, 11) is -3.77. The number of rotatable bonds is 9. The van der Waals surface area contributed by atoms with Crippen molar-refractivity contribution < 1.29 is 27.4 Å². The number of fused-ring (bicyclic) bond motifs is 1. The average Bonchev–Trinajstić information content (AvgIpc) is 3.20. The number of hydrogen-bond donors (Lipinski definition) is 1. The third-order valence-electron chi connectivity index (χ3n) is 5.31. The lowest BCUT2D eigenvalue weighted by Crippen LogP contribution is -2.25. The van der Waals surface area contributed by atoms with Crippen molar-refractivity contribution in [2.75, 3.05) is 19.8 Å². The molecular weight excluding hydrogens is 472 g/mol. The molecular formula is C24H24N4O6S. The molecule has 35 heavy (non-hydrogen) atoms. The van der Waals surface area contributed by atoms with Crippen LogP contribution >= 0.6 is 0 Å². The van der Waals surface area contributed by atoms with E-state index < -0.39 is 16.0 Å². The molecule has 182 valence electrons. The van der Waals surface area contributed by atoms with E-state index in [0.717, 1.165) is 5.69 Å². The second-order valence-corrected chi connectivity index (χ2v) is 9.50. The zero-order chi connectivity index (χ0) is 24.8. The van der Waals surface area contributed by atoms with E-state index in [2.05, 4.69) is 15.9 Å². The number of aryl methyl sites for hydroxylation is 1. The van der Waals surface area contributed by atoms with Gasteiger partial charge in [0.15, 0.2) is 11.5 Å². The Balaban J connectivity index is 1.30. The van der Waals surface area contributed by atoms with Crippen LogP contribution in [0.15, 0.2) is 53.4 Å². The Morgan fingerprint density at radius 2 is 1.91 bits per heavy atom. The molecule has 0 spiro atoms. The fraction of sp³-hybridized carbons (Fsp3) is 0.292. The second kappa shape index (κ2) is 10.6. The van der Waals surface area contributed by atoms with Gasteiger partial charge in [-0.3, -0.25) is 4.79 Å². The zero-order valence-electron chi connectivity index (χ0n) is 19.1. The summed E-state index contributed by atoms with van der Waals surface area (Å²) in [6.45, 7) is 2.42. The molecule has 2 aromatic carbocycles. The normalized spacial score (nSPS) is 12.7. The average molecular weight is 497 g/mol. The molecule has 0 fully saturated rings. The van der Waals surface area contributed by atoms with Crippen LogP contribution in [0.5, 0.6) is 11.5 Å². The van der Waals surface area contributed by atoms with Crippen LogP contribution in [0, 0.1) is 18.3 Å². The molecule has 4 rings (SSSR count). The Morgan fingerprint density at radius 1 is 1.17 bits per heavy atom. The van der Waals surface area contributed by atoms with Gasteiger partial charge in [0.25, 0.3) is 0 Å². The topological polar surface area (TPSA) is 133 Å². The number of esters is 1. The molecule has 0 aliphatic carbocycles. The molecule has 2 heterocycles. The molecule has 0 saturated heterocycles. The molecule has 1 N–H and O–H groups in total. The van der Waals surface area contributed by atoms with Gasteiger partial charge < -0.3 is 14.2 Å². The van der Waals surface area contributed by atoms with E-state index in [0.29, 0.717) is 41.7 Å². The molecule has 1 aliphatic heterocycles. The number of hydrogen-bond acceptors (Lipinski definition) is 8. The fourth-order valence-corrected chi connectivity index (χ4v) is 4.66. The Morgan fingerprint density at radius 3 is 2.66 bits per heavy atom. The van der Waals surface area contributed by atoms with Crippen molar-refractivity contribution in [1.29, 1.82) is 5.26 Å². The highest BCUT2D eigenvalue weighted by molar-refractivity contribution is 7.89. The van der Waals surface area contributed by atoms with E-state index >= 15 is 0 Å². The van der Waals surface area contributed by atoms with Crippen LogP contribution in [0.3, 0.4) is 0 Å². The first-order valence-corrected chi connectivity index (χ1v) is 12.5. The van der Waals surface area contributed by atoms with Gasteiger partial charge in [-0.2, -0.15) is 10.4 Å². The largest absolute Gasteiger partial charge is 0.486 e. The van der Waals surface area contributed by atoms with Gasteiger partial charge in [0.05, 0.1) is 22.0 Å². The van der Waals surface area contributed by atoms with Gasteiger partial charge in [-0.1, -0.05) is 18.2 Å². The molecule has 0 radical (unpaired) electrons. The monoisotopic (exact) mass is 496 g/mol. The number of ether oxygens (including phenoxy) is 3. The lowest BCUT2D eigenvalue weighted by molar-refractivity contribution is -0.145. The van der Waals surface area contributed by atoms with Gasteiger partial charge in [0.1, 0.15) is 31.5 Å². The highest BCUT2D eigenvalue weighted by Crippen LogP contribution is 2.32. The SMILES string of the molecule is Cc1nn(-c2ccccc2)c(COC(=O)CCCNS(=O)(=O)c2ccc3c(c2)OCCO3)c1C#N. The number of nitrogens with zero attached hydrogens (tertiary/aromatic N) is 3. The minimum Gasteiger partial charge on any atom is -0.486 e. The summed E-state index contributed by atoms with van der Waals surface area (Å²) >= 11 is 0. The first kappa shape index (κ1) is 24.3. The number of nitrogens with one attached hydrogen (secondary N) is 1. The lowest BCUT2D eigenvalue weighted by atomic mass is 10.2. The second-order valence-electron chi connectivity index (χ2n) is 7.73. The van der Waals surface area contributed by atoms with Gasteiger partial charge in [-0.15, -0.1) is 0 Å². The Hall–Kier alpha value is -3.88. The molecule has 0 unspecified atom stereocenters. The number of nitriles is 1. The highest BCUT2D eigenvalue weighted by Gasteiger charge is 2.20. The van der Waals surface area contributed by atoms with Crippen molar-refractivity contribution >= 4 is 16.0 Å². The summed E-state index contributed by atoms with van der Waals surface area (Å²) in [4.78, 5) is 12.3. The first-order valence-electron chi connectivity index (χ1n) is 11.0. The maximum absolute atomic E-state index is 12.6. The molecule has 1 aromatic heterocycles. The number of para-hydroxylation sites is 1. The number of carbonyl (C=O) groups is 1. The Bertz CT molecular complexity index is 1360. The van der Waals surface area contributed by atoms with Crippen LogP contribution in [-0.2, 0) is 26.2 Å². The Kier molecular flexibility index (Phi) is 7.33. The summed E-state index contributed by atoms with van der Waals surface area (Å²) in [5.41, 5.74) is 2.12. The smallest absolute Gasteiger partial charge is 0.306 e.